The highest BCUT2D eigenvalue weighted by molar-refractivity contribution is 6.31. The second-order valence-electron chi connectivity index (χ2n) is 8.40. The Morgan fingerprint density at radius 3 is 2.26 bits per heavy atom. The summed E-state index contributed by atoms with van der Waals surface area (Å²) in [6.45, 7) is 7.42. The van der Waals surface area contributed by atoms with Crippen molar-refractivity contribution in [3.63, 3.8) is 0 Å². The van der Waals surface area contributed by atoms with Gasteiger partial charge in [0.2, 0.25) is 5.91 Å². The molecule has 3 rings (SSSR count). The maximum Gasteiger partial charge on any atom is 0.249 e. The Hall–Kier alpha value is -3.43. The maximum absolute atomic E-state index is 13.2. The quantitative estimate of drug-likeness (QED) is 0.383. The number of carbonyl (C=O) groups is 1. The van der Waals surface area contributed by atoms with E-state index >= 15 is 0 Å². The fourth-order valence-electron chi connectivity index (χ4n) is 3.99. The number of nitrogens with one attached hydrogen (secondary N) is 2. The first-order chi connectivity index (χ1) is 17.0. The summed E-state index contributed by atoms with van der Waals surface area (Å²) in [7, 11) is 0. The zero-order chi connectivity index (χ0) is 25.2. The average Bonchev–Trinajstić information content (AvgIpc) is 2.84. The summed E-state index contributed by atoms with van der Waals surface area (Å²) in [6, 6.07) is 17.1. The molecule has 0 saturated carbocycles. The van der Waals surface area contributed by atoms with E-state index in [1.54, 1.807) is 6.07 Å². The Kier molecular flexibility index (Phi) is 9.63. The maximum atomic E-state index is 13.2. The molecule has 1 amide bonds. The first-order valence-corrected chi connectivity index (χ1v) is 12.3. The van der Waals surface area contributed by atoms with E-state index < -0.39 is 5.92 Å². The first-order valence-electron chi connectivity index (χ1n) is 11.9. The Morgan fingerprint density at radius 1 is 1.03 bits per heavy atom. The number of nitrogens with zero attached hydrogens (tertiary/aromatic N) is 1. The van der Waals surface area contributed by atoms with E-state index in [9.17, 15) is 10.1 Å². The van der Waals surface area contributed by atoms with Crippen LogP contribution >= 0.6 is 11.6 Å². The summed E-state index contributed by atoms with van der Waals surface area (Å²) in [5.74, 6) is 0.835. The normalized spacial score (nSPS) is 15.3. The molecule has 2 aromatic rings. The fraction of sp³-hybridized carbons (Fsp3) is 0.357. The molecule has 0 spiro atoms. The van der Waals surface area contributed by atoms with E-state index in [2.05, 4.69) is 23.6 Å². The minimum Gasteiger partial charge on any atom is -0.494 e. The first kappa shape index (κ1) is 26.2. The second-order valence-corrected chi connectivity index (χ2v) is 8.81. The predicted molar refractivity (Wildman–Crippen MR) is 138 cm³/mol. The highest BCUT2D eigenvalue weighted by Gasteiger charge is 2.34. The van der Waals surface area contributed by atoms with Gasteiger partial charge in [0.15, 0.2) is 0 Å². The number of dihydropyridines is 1. The molecule has 1 unspecified atom stereocenters. The highest BCUT2D eigenvalue weighted by atomic mass is 35.5. The molecule has 35 heavy (non-hydrogen) atoms. The van der Waals surface area contributed by atoms with Crippen LogP contribution in [0, 0.1) is 11.3 Å². The van der Waals surface area contributed by atoms with Gasteiger partial charge in [-0.05, 0) is 62.6 Å². The minimum atomic E-state index is -0.524. The van der Waals surface area contributed by atoms with Crippen molar-refractivity contribution in [1.29, 1.82) is 5.26 Å². The summed E-state index contributed by atoms with van der Waals surface area (Å²) in [6.07, 6.45) is 2.77. The Morgan fingerprint density at radius 2 is 1.66 bits per heavy atom. The predicted octanol–water partition coefficient (Wildman–Crippen LogP) is 5.86. The van der Waals surface area contributed by atoms with Gasteiger partial charge in [0.25, 0.3) is 0 Å². The molecule has 6 nitrogen and oxygen atoms in total. The standard InChI is InChI=1S/C28H32ClN3O3/c1-4-5-16-34-21-11-13-22(14-12-21)35-17-8-15-31-28(33)26-20(3)32-19(2)24(18-30)27(26)23-9-6-7-10-25(23)29/h6-7,9-14,27,32H,4-5,8,15-17H2,1-3H3,(H,31,33). The molecule has 0 fully saturated rings. The molecule has 7 heteroatoms. The van der Waals surface area contributed by atoms with Crippen molar-refractivity contribution in [3.8, 4) is 17.6 Å². The van der Waals surface area contributed by atoms with Crippen molar-refractivity contribution in [2.45, 2.75) is 46.0 Å². The molecule has 2 aromatic carbocycles. The second kappa shape index (κ2) is 12.9. The van der Waals surface area contributed by atoms with E-state index in [4.69, 9.17) is 21.1 Å². The van der Waals surface area contributed by atoms with Gasteiger partial charge < -0.3 is 20.1 Å². The largest absolute Gasteiger partial charge is 0.494 e. The zero-order valence-electron chi connectivity index (χ0n) is 20.5. The van der Waals surface area contributed by atoms with Crippen LogP contribution < -0.4 is 20.1 Å². The Labute approximate surface area is 212 Å². The van der Waals surface area contributed by atoms with Crippen LogP contribution in [0.25, 0.3) is 0 Å². The van der Waals surface area contributed by atoms with Gasteiger partial charge >= 0.3 is 0 Å². The average molecular weight is 494 g/mol. The lowest BCUT2D eigenvalue weighted by atomic mass is 9.80. The lowest BCUT2D eigenvalue weighted by Crippen LogP contribution is -2.35. The van der Waals surface area contributed by atoms with Crippen LogP contribution in [0.1, 0.15) is 51.5 Å². The molecule has 0 aliphatic carbocycles. The summed E-state index contributed by atoms with van der Waals surface area (Å²) in [5.41, 5.74) is 3.16. The van der Waals surface area contributed by atoms with Crippen molar-refractivity contribution in [3.05, 3.63) is 81.7 Å². The van der Waals surface area contributed by atoms with Gasteiger partial charge in [-0.25, -0.2) is 0 Å². The third-order valence-electron chi connectivity index (χ3n) is 5.81. The minimum absolute atomic E-state index is 0.228. The third kappa shape index (κ3) is 6.80. The number of rotatable bonds is 11. The van der Waals surface area contributed by atoms with E-state index in [0.717, 1.165) is 35.6 Å². The van der Waals surface area contributed by atoms with Crippen molar-refractivity contribution in [2.24, 2.45) is 0 Å². The van der Waals surface area contributed by atoms with Gasteiger partial charge in [-0.3, -0.25) is 4.79 Å². The third-order valence-corrected chi connectivity index (χ3v) is 6.15. The number of nitriles is 1. The van der Waals surface area contributed by atoms with E-state index in [0.29, 0.717) is 48.0 Å². The van der Waals surface area contributed by atoms with Crippen molar-refractivity contribution in [2.75, 3.05) is 19.8 Å². The summed E-state index contributed by atoms with van der Waals surface area (Å²) < 4.78 is 11.5. The SMILES string of the molecule is CCCCOc1ccc(OCCCNC(=O)C2=C(C)NC(C)=C(C#N)C2c2ccccc2Cl)cc1. The van der Waals surface area contributed by atoms with Crippen LogP contribution in [0.3, 0.4) is 0 Å². The summed E-state index contributed by atoms with van der Waals surface area (Å²) in [4.78, 5) is 13.2. The van der Waals surface area contributed by atoms with Gasteiger partial charge in [0, 0.05) is 28.5 Å². The van der Waals surface area contributed by atoms with Crippen LogP contribution in [0.2, 0.25) is 5.02 Å². The molecular formula is C28H32ClN3O3. The van der Waals surface area contributed by atoms with E-state index in [1.165, 1.54) is 0 Å². The summed E-state index contributed by atoms with van der Waals surface area (Å²) >= 11 is 6.46. The lowest BCUT2D eigenvalue weighted by Gasteiger charge is -2.29. The molecular weight excluding hydrogens is 462 g/mol. The summed E-state index contributed by atoms with van der Waals surface area (Å²) in [5, 5.41) is 16.5. The van der Waals surface area contributed by atoms with Gasteiger partial charge in [-0.1, -0.05) is 43.1 Å². The van der Waals surface area contributed by atoms with Gasteiger partial charge in [0.1, 0.15) is 11.5 Å². The number of halogens is 1. The van der Waals surface area contributed by atoms with Crippen LogP contribution in [0.5, 0.6) is 11.5 Å². The van der Waals surface area contributed by atoms with E-state index in [1.807, 2.05) is 56.3 Å². The van der Waals surface area contributed by atoms with Crippen LogP contribution in [-0.4, -0.2) is 25.7 Å². The number of amides is 1. The molecule has 184 valence electrons. The molecule has 1 atom stereocenters. The Balaban J connectivity index is 1.57. The van der Waals surface area contributed by atoms with Gasteiger partial charge in [0.05, 0.1) is 30.8 Å². The number of hydrogen-bond acceptors (Lipinski definition) is 5. The molecule has 1 heterocycles. The molecule has 1 aliphatic heterocycles. The Bertz CT molecular complexity index is 1130. The fourth-order valence-corrected chi connectivity index (χ4v) is 4.23. The molecule has 0 bridgehead atoms. The monoisotopic (exact) mass is 493 g/mol. The highest BCUT2D eigenvalue weighted by Crippen LogP contribution is 2.40. The topological polar surface area (TPSA) is 83.4 Å². The molecule has 2 N–H and O–H groups in total. The number of hydrogen-bond donors (Lipinski definition) is 2. The van der Waals surface area contributed by atoms with Crippen molar-refractivity contribution in [1.82, 2.24) is 10.6 Å². The number of benzene rings is 2. The smallest absolute Gasteiger partial charge is 0.249 e. The zero-order valence-corrected chi connectivity index (χ0v) is 21.2. The van der Waals surface area contributed by atoms with Gasteiger partial charge in [-0.15, -0.1) is 0 Å². The number of carbonyl (C=O) groups excluding carboxylic acids is 1. The van der Waals surface area contributed by atoms with Crippen LogP contribution in [0.4, 0.5) is 0 Å². The number of unbranched alkanes of at least 4 members (excludes halogenated alkanes) is 1. The van der Waals surface area contributed by atoms with Gasteiger partial charge in [-0.2, -0.15) is 5.26 Å². The van der Waals surface area contributed by atoms with Crippen molar-refractivity contribution >= 4 is 17.5 Å². The molecule has 0 aromatic heterocycles. The van der Waals surface area contributed by atoms with Crippen molar-refractivity contribution < 1.29 is 14.3 Å². The number of ether oxygens (including phenoxy) is 2. The number of allylic oxidation sites excluding steroid dienone is 3. The molecule has 0 saturated heterocycles. The van der Waals surface area contributed by atoms with Crippen LogP contribution in [0.15, 0.2) is 71.1 Å². The van der Waals surface area contributed by atoms with E-state index in [-0.39, 0.29) is 5.91 Å². The lowest BCUT2D eigenvalue weighted by molar-refractivity contribution is -0.117. The molecule has 1 aliphatic rings. The van der Waals surface area contributed by atoms with Crippen LogP contribution in [-0.2, 0) is 4.79 Å². The molecule has 0 radical (unpaired) electrons.